The van der Waals surface area contributed by atoms with Crippen LogP contribution in [0.2, 0.25) is 0 Å². The van der Waals surface area contributed by atoms with Crippen LogP contribution >= 0.6 is 0 Å². The number of fused-ring (bicyclic) bond motifs is 1. The maximum absolute atomic E-state index is 6.02. The van der Waals surface area contributed by atoms with E-state index in [0.29, 0.717) is 18.0 Å². The van der Waals surface area contributed by atoms with Gasteiger partial charge in [0.25, 0.3) is 0 Å². The summed E-state index contributed by atoms with van der Waals surface area (Å²) in [6.07, 6.45) is 15.2. The van der Waals surface area contributed by atoms with E-state index in [-0.39, 0.29) is 6.23 Å². The highest BCUT2D eigenvalue weighted by atomic mass is 16.5. The fraction of sp³-hybridized carbons (Fsp3) is 0.594. The molecule has 1 spiro atoms. The second kappa shape index (κ2) is 11.2. The third kappa shape index (κ3) is 5.16. The zero-order chi connectivity index (χ0) is 28.8. The number of hydrogen-bond acceptors (Lipinski definition) is 9. The van der Waals surface area contributed by atoms with Crippen LogP contribution in [0.3, 0.4) is 0 Å². The minimum atomic E-state index is -0.0566. The first-order valence-electron chi connectivity index (χ1n) is 16.1. The van der Waals surface area contributed by atoms with Crippen molar-refractivity contribution >= 4 is 16.7 Å². The summed E-state index contributed by atoms with van der Waals surface area (Å²) >= 11 is 0. The molecular weight excluding hydrogens is 542 g/mol. The summed E-state index contributed by atoms with van der Waals surface area (Å²) in [6, 6.07) is 8.84. The topological polar surface area (TPSA) is 99.3 Å². The molecule has 1 saturated carbocycles. The number of nitrogens with zero attached hydrogens (tertiary/aromatic N) is 9. The van der Waals surface area contributed by atoms with E-state index >= 15 is 0 Å². The van der Waals surface area contributed by atoms with Crippen LogP contribution < -0.4 is 9.64 Å². The molecule has 2 unspecified atom stereocenters. The van der Waals surface area contributed by atoms with Crippen molar-refractivity contribution in [1.82, 2.24) is 39.9 Å². The summed E-state index contributed by atoms with van der Waals surface area (Å²) in [4.78, 5) is 5.19. The van der Waals surface area contributed by atoms with E-state index in [0.717, 1.165) is 78.4 Å². The average Bonchev–Trinajstić information content (AvgIpc) is 3.80. The van der Waals surface area contributed by atoms with Gasteiger partial charge in [0.2, 0.25) is 0 Å². The molecule has 6 heterocycles. The Kier molecular flexibility index (Phi) is 7.02. The summed E-state index contributed by atoms with van der Waals surface area (Å²) in [5.41, 5.74) is 4.19. The van der Waals surface area contributed by atoms with Crippen LogP contribution in [0.4, 0.5) is 5.82 Å². The van der Waals surface area contributed by atoms with Gasteiger partial charge in [0.05, 0.1) is 37.3 Å². The van der Waals surface area contributed by atoms with E-state index in [4.69, 9.17) is 14.6 Å². The normalized spacial score (nSPS) is 24.1. The molecule has 0 amide bonds. The van der Waals surface area contributed by atoms with Crippen LogP contribution in [-0.2, 0) is 11.3 Å². The second-order valence-electron chi connectivity index (χ2n) is 13.0. The van der Waals surface area contributed by atoms with Gasteiger partial charge in [-0.1, -0.05) is 11.6 Å². The molecule has 1 aromatic carbocycles. The lowest BCUT2D eigenvalue weighted by Gasteiger charge is -2.41. The molecule has 3 aromatic heterocycles. The molecule has 3 aliphatic heterocycles. The van der Waals surface area contributed by atoms with Gasteiger partial charge in [0.15, 0.2) is 12.0 Å². The van der Waals surface area contributed by atoms with Crippen molar-refractivity contribution in [2.75, 3.05) is 44.8 Å². The first kappa shape index (κ1) is 27.0. The fourth-order valence-corrected chi connectivity index (χ4v) is 7.69. The molecule has 226 valence electrons. The molecule has 2 atom stereocenters. The van der Waals surface area contributed by atoms with E-state index in [9.17, 15) is 0 Å². The maximum atomic E-state index is 6.02. The smallest absolute Gasteiger partial charge is 0.151 e. The zero-order valence-electron chi connectivity index (χ0n) is 25.1. The molecule has 11 heteroatoms. The Hall–Kier alpha value is -3.57. The minimum Gasteiger partial charge on any atom is -0.497 e. The number of anilines is 1. The molecule has 4 fully saturated rings. The average molecular weight is 584 g/mol. The quantitative estimate of drug-likeness (QED) is 0.307. The number of hydrogen-bond donors (Lipinski definition) is 0. The van der Waals surface area contributed by atoms with E-state index in [1.807, 2.05) is 33.9 Å². The standard InChI is InChI=1S/C32H41N9O2/c1-42-25-16-26(27-18-33-41(29(27)17-25)31-7-2-3-15-43-31)28-21-40(37-35-28)19-23-8-9-30(36-34-23)38-13-4-6-24(20-38)39-14-12-32(22-39)10-5-11-32/h8-9,16-18,21,24,31H,2-7,10-15,19-20,22H2,1H3. The van der Waals surface area contributed by atoms with Crippen molar-refractivity contribution < 1.29 is 9.47 Å². The number of piperidine rings is 1. The number of methoxy groups -OCH3 is 1. The summed E-state index contributed by atoms with van der Waals surface area (Å²) in [7, 11) is 1.68. The molecule has 8 rings (SSSR count). The molecule has 11 nitrogen and oxygen atoms in total. The Labute approximate surface area is 252 Å². The Morgan fingerprint density at radius 1 is 1.00 bits per heavy atom. The van der Waals surface area contributed by atoms with Crippen molar-refractivity contribution in [3.63, 3.8) is 0 Å². The monoisotopic (exact) mass is 583 g/mol. The van der Waals surface area contributed by atoms with E-state index in [1.54, 1.807) is 7.11 Å². The molecule has 3 saturated heterocycles. The molecule has 4 aliphatic rings. The van der Waals surface area contributed by atoms with Gasteiger partial charge in [-0.05, 0) is 81.5 Å². The SMILES string of the molecule is COc1cc(-c2cn(Cc3ccc(N4CCCC(N5CCC6(CCC6)C5)C4)nn3)nn2)c2cnn(C3CCCCO3)c2c1. The molecule has 43 heavy (non-hydrogen) atoms. The van der Waals surface area contributed by atoms with Crippen LogP contribution in [-0.4, -0.2) is 85.8 Å². The lowest BCUT2D eigenvalue weighted by atomic mass is 9.68. The summed E-state index contributed by atoms with van der Waals surface area (Å²) in [6.45, 7) is 5.93. The molecule has 0 radical (unpaired) electrons. The molecule has 0 bridgehead atoms. The van der Waals surface area contributed by atoms with Gasteiger partial charge in [-0.2, -0.15) is 10.2 Å². The third-order valence-electron chi connectivity index (χ3n) is 10.3. The number of rotatable bonds is 7. The molecule has 0 N–H and O–H groups in total. The van der Waals surface area contributed by atoms with Gasteiger partial charge in [-0.3, -0.25) is 4.90 Å². The van der Waals surface area contributed by atoms with Gasteiger partial charge in [-0.25, -0.2) is 9.36 Å². The summed E-state index contributed by atoms with van der Waals surface area (Å²) in [5.74, 6) is 1.73. The Balaban J connectivity index is 0.961. The summed E-state index contributed by atoms with van der Waals surface area (Å²) in [5, 5.41) is 23.9. The number of ether oxygens (including phenoxy) is 2. The lowest BCUT2D eigenvalue weighted by molar-refractivity contribution is -0.0366. The van der Waals surface area contributed by atoms with Gasteiger partial charge in [0, 0.05) is 49.3 Å². The third-order valence-corrected chi connectivity index (χ3v) is 10.3. The van der Waals surface area contributed by atoms with E-state index < -0.39 is 0 Å². The van der Waals surface area contributed by atoms with Crippen LogP contribution in [0.15, 0.2) is 36.7 Å². The van der Waals surface area contributed by atoms with Crippen molar-refractivity contribution in [2.24, 2.45) is 5.41 Å². The van der Waals surface area contributed by atoms with Crippen molar-refractivity contribution in [2.45, 2.75) is 76.6 Å². The Bertz CT molecular complexity index is 1570. The predicted molar refractivity (Wildman–Crippen MR) is 163 cm³/mol. The molecule has 4 aromatic rings. The summed E-state index contributed by atoms with van der Waals surface area (Å²) < 4.78 is 15.5. The Morgan fingerprint density at radius 3 is 2.72 bits per heavy atom. The van der Waals surface area contributed by atoms with E-state index in [1.165, 1.54) is 51.6 Å². The van der Waals surface area contributed by atoms with Crippen LogP contribution in [0.5, 0.6) is 5.75 Å². The predicted octanol–water partition coefficient (Wildman–Crippen LogP) is 4.69. The highest BCUT2D eigenvalue weighted by Crippen LogP contribution is 2.48. The highest BCUT2D eigenvalue weighted by Gasteiger charge is 2.44. The second-order valence-corrected chi connectivity index (χ2v) is 13.0. The van der Waals surface area contributed by atoms with Crippen molar-refractivity contribution in [3.05, 3.63) is 42.4 Å². The molecule has 1 aliphatic carbocycles. The maximum Gasteiger partial charge on any atom is 0.151 e. The van der Waals surface area contributed by atoms with Gasteiger partial charge < -0.3 is 14.4 Å². The van der Waals surface area contributed by atoms with E-state index in [2.05, 4.69) is 42.4 Å². The fourth-order valence-electron chi connectivity index (χ4n) is 7.69. The van der Waals surface area contributed by atoms with Crippen LogP contribution in [0, 0.1) is 5.41 Å². The van der Waals surface area contributed by atoms with Gasteiger partial charge >= 0.3 is 0 Å². The zero-order valence-corrected chi connectivity index (χ0v) is 25.1. The Morgan fingerprint density at radius 2 is 1.95 bits per heavy atom. The minimum absolute atomic E-state index is 0.0566. The van der Waals surface area contributed by atoms with Crippen LogP contribution in [0.25, 0.3) is 22.2 Å². The lowest BCUT2D eigenvalue weighted by Crippen LogP contribution is -2.48. The van der Waals surface area contributed by atoms with Gasteiger partial charge in [-0.15, -0.1) is 10.2 Å². The van der Waals surface area contributed by atoms with Crippen molar-refractivity contribution in [3.8, 4) is 17.0 Å². The van der Waals surface area contributed by atoms with Crippen molar-refractivity contribution in [1.29, 1.82) is 0 Å². The molecular formula is C32H41N9O2. The highest BCUT2D eigenvalue weighted by molar-refractivity contribution is 5.95. The number of aromatic nitrogens is 7. The first-order valence-corrected chi connectivity index (χ1v) is 16.1. The largest absolute Gasteiger partial charge is 0.497 e. The van der Waals surface area contributed by atoms with Gasteiger partial charge in [0.1, 0.15) is 11.4 Å². The number of benzene rings is 1. The first-order chi connectivity index (χ1) is 21.2. The number of likely N-dealkylation sites (tertiary alicyclic amines) is 1. The van der Waals surface area contributed by atoms with Crippen LogP contribution in [0.1, 0.15) is 69.7 Å².